The van der Waals surface area contributed by atoms with Gasteiger partial charge in [0.15, 0.2) is 0 Å². The summed E-state index contributed by atoms with van der Waals surface area (Å²) >= 11 is 0. The molecule has 1 saturated carbocycles. The zero-order chi connectivity index (χ0) is 10.6. The van der Waals surface area contributed by atoms with Gasteiger partial charge in [-0.2, -0.15) is 0 Å². The first-order chi connectivity index (χ1) is 6.63. The number of nitrogens with one attached hydrogen (secondary N) is 1. The summed E-state index contributed by atoms with van der Waals surface area (Å²) in [5.41, 5.74) is 0. The van der Waals surface area contributed by atoms with Gasteiger partial charge in [0, 0.05) is 6.42 Å². The zero-order valence-electron chi connectivity index (χ0n) is 8.16. The fraction of sp³-hybridized carbons (Fsp3) is 0.778. The number of rotatable bonds is 5. The molecule has 5 nitrogen and oxygen atoms in total. The quantitative estimate of drug-likeness (QED) is 0.629. The highest BCUT2D eigenvalue weighted by Gasteiger charge is 2.34. The number of aliphatic carboxylic acids is 1. The molecule has 0 heterocycles. The summed E-state index contributed by atoms with van der Waals surface area (Å²) in [7, 11) is 0. The van der Waals surface area contributed by atoms with Crippen molar-refractivity contribution in [2.75, 3.05) is 6.73 Å². The Morgan fingerprint density at radius 2 is 2.14 bits per heavy atom. The summed E-state index contributed by atoms with van der Waals surface area (Å²) in [6.45, 7) is 1.95. The van der Waals surface area contributed by atoms with E-state index in [9.17, 15) is 9.59 Å². The monoisotopic (exact) mass is 201 g/mol. The van der Waals surface area contributed by atoms with E-state index in [4.69, 9.17) is 9.84 Å². The van der Waals surface area contributed by atoms with Crippen molar-refractivity contribution in [2.24, 2.45) is 5.92 Å². The predicted molar refractivity (Wildman–Crippen MR) is 48.5 cm³/mol. The van der Waals surface area contributed by atoms with E-state index in [-0.39, 0.29) is 24.7 Å². The lowest BCUT2D eigenvalue weighted by Gasteiger charge is -2.31. The largest absolute Gasteiger partial charge is 0.481 e. The summed E-state index contributed by atoms with van der Waals surface area (Å²) in [6, 6.07) is 0. The SMILES string of the molecule is CCC(=O)NCO[C@H]1C[C@H](C(=O)O)C1. The molecule has 1 aliphatic carbocycles. The van der Waals surface area contributed by atoms with Crippen LogP contribution in [0.1, 0.15) is 26.2 Å². The second-order valence-electron chi connectivity index (χ2n) is 3.39. The number of carboxylic acids is 1. The van der Waals surface area contributed by atoms with Crippen LogP contribution < -0.4 is 5.32 Å². The average Bonchev–Trinajstić information content (AvgIpc) is 2.07. The summed E-state index contributed by atoms with van der Waals surface area (Å²) < 4.78 is 5.24. The normalized spacial score (nSPS) is 25.2. The minimum Gasteiger partial charge on any atom is -0.481 e. The molecule has 0 aromatic carbocycles. The first-order valence-corrected chi connectivity index (χ1v) is 4.74. The van der Waals surface area contributed by atoms with Gasteiger partial charge in [-0.25, -0.2) is 0 Å². The van der Waals surface area contributed by atoms with Crippen molar-refractivity contribution >= 4 is 11.9 Å². The third-order valence-electron chi connectivity index (χ3n) is 2.35. The fourth-order valence-corrected chi connectivity index (χ4v) is 1.27. The second-order valence-corrected chi connectivity index (χ2v) is 3.39. The minimum atomic E-state index is -0.762. The third-order valence-corrected chi connectivity index (χ3v) is 2.35. The van der Waals surface area contributed by atoms with Crippen molar-refractivity contribution in [3.05, 3.63) is 0 Å². The fourth-order valence-electron chi connectivity index (χ4n) is 1.27. The van der Waals surface area contributed by atoms with E-state index in [1.54, 1.807) is 6.92 Å². The smallest absolute Gasteiger partial charge is 0.306 e. The Hall–Kier alpha value is -1.10. The lowest BCUT2D eigenvalue weighted by atomic mass is 9.82. The van der Waals surface area contributed by atoms with Crippen LogP contribution in [0.15, 0.2) is 0 Å². The zero-order valence-corrected chi connectivity index (χ0v) is 8.16. The van der Waals surface area contributed by atoms with E-state index in [2.05, 4.69) is 5.32 Å². The van der Waals surface area contributed by atoms with Gasteiger partial charge in [0.2, 0.25) is 5.91 Å². The molecule has 0 aliphatic heterocycles. The summed E-state index contributed by atoms with van der Waals surface area (Å²) in [6.07, 6.45) is 1.54. The molecule has 1 aliphatic rings. The van der Waals surface area contributed by atoms with Crippen LogP contribution in [0.5, 0.6) is 0 Å². The Kier molecular flexibility index (Phi) is 3.88. The number of amides is 1. The van der Waals surface area contributed by atoms with Crippen molar-refractivity contribution in [1.82, 2.24) is 5.32 Å². The predicted octanol–water partition coefficient (Wildman–Crippen LogP) is 0.350. The topological polar surface area (TPSA) is 75.6 Å². The van der Waals surface area contributed by atoms with Gasteiger partial charge in [-0.15, -0.1) is 0 Å². The lowest BCUT2D eigenvalue weighted by Crippen LogP contribution is -2.39. The van der Waals surface area contributed by atoms with E-state index in [0.717, 1.165) is 0 Å². The Labute approximate surface area is 82.4 Å². The minimum absolute atomic E-state index is 0.00624. The van der Waals surface area contributed by atoms with Gasteiger partial charge < -0.3 is 15.2 Å². The van der Waals surface area contributed by atoms with Crippen LogP contribution in [0.3, 0.4) is 0 Å². The molecule has 2 N–H and O–H groups in total. The Morgan fingerprint density at radius 1 is 1.50 bits per heavy atom. The number of ether oxygens (including phenoxy) is 1. The van der Waals surface area contributed by atoms with Crippen molar-refractivity contribution in [3.8, 4) is 0 Å². The van der Waals surface area contributed by atoms with E-state index in [1.807, 2.05) is 0 Å². The Bertz CT molecular complexity index is 223. The third kappa shape index (κ3) is 2.99. The molecular weight excluding hydrogens is 186 g/mol. The highest BCUT2D eigenvalue weighted by molar-refractivity contribution is 5.75. The molecule has 0 atom stereocenters. The van der Waals surface area contributed by atoms with E-state index < -0.39 is 5.97 Å². The molecule has 0 aromatic heterocycles. The summed E-state index contributed by atoms with van der Waals surface area (Å²) in [4.78, 5) is 21.2. The number of carbonyl (C=O) groups is 2. The van der Waals surface area contributed by atoms with Gasteiger partial charge in [0.05, 0.1) is 12.0 Å². The molecule has 14 heavy (non-hydrogen) atoms. The lowest BCUT2D eigenvalue weighted by molar-refractivity contribution is -0.152. The van der Waals surface area contributed by atoms with Crippen molar-refractivity contribution in [3.63, 3.8) is 0 Å². The van der Waals surface area contributed by atoms with Gasteiger partial charge in [0.25, 0.3) is 0 Å². The van der Waals surface area contributed by atoms with Crippen LogP contribution in [0.4, 0.5) is 0 Å². The summed E-state index contributed by atoms with van der Waals surface area (Å²) in [5, 5.41) is 11.1. The molecule has 1 amide bonds. The van der Waals surface area contributed by atoms with E-state index >= 15 is 0 Å². The number of hydrogen-bond acceptors (Lipinski definition) is 3. The maximum Gasteiger partial charge on any atom is 0.306 e. The molecule has 0 spiro atoms. The average molecular weight is 201 g/mol. The van der Waals surface area contributed by atoms with Crippen molar-refractivity contribution in [2.45, 2.75) is 32.3 Å². The van der Waals surface area contributed by atoms with Crippen molar-refractivity contribution in [1.29, 1.82) is 0 Å². The molecule has 0 radical (unpaired) electrons. The standard InChI is InChI=1S/C9H15NO4/c1-2-8(11)10-5-14-7-3-6(4-7)9(12)13/h6-7H,2-5H2,1H3,(H,10,11)(H,12,13)/t6-,7-. The molecule has 0 bridgehead atoms. The van der Waals surface area contributed by atoms with Crippen LogP contribution in [0.25, 0.3) is 0 Å². The number of hydrogen-bond donors (Lipinski definition) is 2. The molecule has 0 saturated heterocycles. The van der Waals surface area contributed by atoms with E-state index in [1.165, 1.54) is 0 Å². The second kappa shape index (κ2) is 4.95. The van der Waals surface area contributed by atoms with Gasteiger partial charge in [-0.3, -0.25) is 9.59 Å². The molecule has 5 heteroatoms. The van der Waals surface area contributed by atoms with Crippen LogP contribution in [0, 0.1) is 5.92 Å². The van der Waals surface area contributed by atoms with Gasteiger partial charge in [0.1, 0.15) is 6.73 Å². The highest BCUT2D eigenvalue weighted by atomic mass is 16.5. The molecule has 80 valence electrons. The van der Waals surface area contributed by atoms with Crippen LogP contribution in [-0.2, 0) is 14.3 Å². The first kappa shape index (κ1) is 11.0. The van der Waals surface area contributed by atoms with Gasteiger partial charge in [-0.05, 0) is 12.8 Å². The van der Waals surface area contributed by atoms with Gasteiger partial charge in [-0.1, -0.05) is 6.92 Å². The molecule has 1 rings (SSSR count). The Balaban J connectivity index is 2.01. The van der Waals surface area contributed by atoms with Crippen LogP contribution in [0.2, 0.25) is 0 Å². The highest BCUT2D eigenvalue weighted by Crippen LogP contribution is 2.29. The maximum atomic E-state index is 10.8. The Morgan fingerprint density at radius 3 is 2.64 bits per heavy atom. The van der Waals surface area contributed by atoms with Crippen LogP contribution >= 0.6 is 0 Å². The van der Waals surface area contributed by atoms with Gasteiger partial charge >= 0.3 is 5.97 Å². The molecule has 0 unspecified atom stereocenters. The molecule has 0 aromatic rings. The molecular formula is C9H15NO4. The maximum absolute atomic E-state index is 10.8. The van der Waals surface area contributed by atoms with Crippen molar-refractivity contribution < 1.29 is 19.4 Å². The van der Waals surface area contributed by atoms with Crippen LogP contribution in [-0.4, -0.2) is 29.8 Å². The number of carbonyl (C=O) groups excluding carboxylic acids is 1. The molecule has 1 fully saturated rings. The summed E-state index contributed by atoms with van der Waals surface area (Å²) in [5.74, 6) is -1.08. The van der Waals surface area contributed by atoms with E-state index in [0.29, 0.717) is 19.3 Å². The first-order valence-electron chi connectivity index (χ1n) is 4.74. The number of carboxylic acid groups (broad SMARTS) is 1.